The lowest BCUT2D eigenvalue weighted by atomic mass is 9.73. The van der Waals surface area contributed by atoms with Gasteiger partial charge in [0.05, 0.1) is 16.8 Å². The third-order valence-corrected chi connectivity index (χ3v) is 6.08. The van der Waals surface area contributed by atoms with Crippen LogP contribution in [0.2, 0.25) is 0 Å². The van der Waals surface area contributed by atoms with Gasteiger partial charge in [0.1, 0.15) is 5.56 Å². The smallest absolute Gasteiger partial charge is 0.339 e. The number of carboxylic acids is 1. The Kier molecular flexibility index (Phi) is 4.09. The second-order valence-electron chi connectivity index (χ2n) is 8.01. The number of carboxylic acid groups (broad SMARTS) is 1. The summed E-state index contributed by atoms with van der Waals surface area (Å²) in [5.41, 5.74) is 2.44. The van der Waals surface area contributed by atoms with Crippen LogP contribution in [0.3, 0.4) is 0 Å². The van der Waals surface area contributed by atoms with Gasteiger partial charge in [-0.3, -0.25) is 9.48 Å². The molecule has 2 aromatic rings. The molecule has 27 heavy (non-hydrogen) atoms. The highest BCUT2D eigenvalue weighted by atomic mass is 16.4. The Balaban J connectivity index is 1.80. The SMILES string of the molecule is Cc1nn(C)c2ncc(C(=O)O)c(N3CCCC4(CCC(=O)N(C)C4)C3)c12. The number of carbonyl (C=O) groups is 2. The number of aromatic nitrogens is 3. The molecule has 8 heteroatoms. The number of piperidine rings is 2. The van der Waals surface area contributed by atoms with E-state index >= 15 is 0 Å². The van der Waals surface area contributed by atoms with E-state index in [0.717, 1.165) is 55.7 Å². The van der Waals surface area contributed by atoms with Gasteiger partial charge in [-0.05, 0) is 26.2 Å². The number of rotatable bonds is 2. The minimum atomic E-state index is -0.974. The first-order valence-electron chi connectivity index (χ1n) is 9.36. The van der Waals surface area contributed by atoms with Crippen molar-refractivity contribution in [3.63, 3.8) is 0 Å². The number of carbonyl (C=O) groups excluding carboxylic acids is 1. The number of fused-ring (bicyclic) bond motifs is 1. The molecule has 2 aliphatic heterocycles. The normalized spacial score (nSPS) is 23.4. The number of nitrogens with zero attached hydrogens (tertiary/aromatic N) is 5. The zero-order chi connectivity index (χ0) is 19.3. The van der Waals surface area contributed by atoms with Crippen LogP contribution in [0.4, 0.5) is 5.69 Å². The molecular formula is C19H25N5O3. The van der Waals surface area contributed by atoms with Crippen LogP contribution in [0.5, 0.6) is 0 Å². The second kappa shape index (κ2) is 6.21. The van der Waals surface area contributed by atoms with E-state index in [1.807, 2.05) is 25.9 Å². The van der Waals surface area contributed by atoms with Crippen LogP contribution >= 0.6 is 0 Å². The van der Waals surface area contributed by atoms with Crippen molar-refractivity contribution < 1.29 is 14.7 Å². The van der Waals surface area contributed by atoms with E-state index in [1.54, 1.807) is 4.68 Å². The molecule has 2 saturated heterocycles. The Morgan fingerprint density at radius 2 is 2.04 bits per heavy atom. The number of aryl methyl sites for hydroxylation is 2. The van der Waals surface area contributed by atoms with Crippen molar-refractivity contribution in [2.45, 2.75) is 32.6 Å². The van der Waals surface area contributed by atoms with Crippen molar-refractivity contribution in [2.24, 2.45) is 12.5 Å². The predicted molar refractivity (Wildman–Crippen MR) is 101 cm³/mol. The van der Waals surface area contributed by atoms with Gasteiger partial charge in [-0.15, -0.1) is 0 Å². The standard InChI is InChI=1S/C19H25N5O3/c1-12-15-16(13(18(26)27)9-20-17(15)23(3)21-12)24-8-4-6-19(11-24)7-5-14(25)22(2)10-19/h9H,4-8,10-11H2,1-3H3,(H,26,27). The Hall–Kier alpha value is -2.64. The largest absolute Gasteiger partial charge is 0.478 e. The van der Waals surface area contributed by atoms with Crippen molar-refractivity contribution >= 4 is 28.6 Å². The molecule has 2 aliphatic rings. The highest BCUT2D eigenvalue weighted by Crippen LogP contribution is 2.42. The molecule has 1 spiro atoms. The van der Waals surface area contributed by atoms with Crippen LogP contribution in [-0.4, -0.2) is 63.3 Å². The van der Waals surface area contributed by atoms with E-state index in [2.05, 4.69) is 15.0 Å². The zero-order valence-electron chi connectivity index (χ0n) is 16.0. The Morgan fingerprint density at radius 1 is 1.26 bits per heavy atom. The Morgan fingerprint density at radius 3 is 2.74 bits per heavy atom. The fourth-order valence-corrected chi connectivity index (χ4v) is 4.84. The van der Waals surface area contributed by atoms with Crippen molar-refractivity contribution in [3.8, 4) is 0 Å². The molecule has 2 fully saturated rings. The summed E-state index contributed by atoms with van der Waals surface area (Å²) in [6.07, 6.45) is 4.90. The summed E-state index contributed by atoms with van der Waals surface area (Å²) in [6.45, 7) is 4.17. The number of aromatic carboxylic acids is 1. The third-order valence-electron chi connectivity index (χ3n) is 6.08. The van der Waals surface area contributed by atoms with Crippen molar-refractivity contribution in [3.05, 3.63) is 17.5 Å². The first kappa shape index (κ1) is 17.8. The van der Waals surface area contributed by atoms with Crippen molar-refractivity contribution in [2.75, 3.05) is 31.6 Å². The number of hydrogen-bond acceptors (Lipinski definition) is 5. The summed E-state index contributed by atoms with van der Waals surface area (Å²) in [5.74, 6) is -0.781. The Labute approximate surface area is 157 Å². The molecule has 0 radical (unpaired) electrons. The molecule has 0 bridgehead atoms. The maximum atomic E-state index is 12.0. The van der Waals surface area contributed by atoms with Gasteiger partial charge in [0.15, 0.2) is 5.65 Å². The summed E-state index contributed by atoms with van der Waals surface area (Å²) in [6, 6.07) is 0. The maximum absolute atomic E-state index is 12.0. The molecule has 144 valence electrons. The number of hydrogen-bond donors (Lipinski definition) is 1. The molecule has 1 unspecified atom stereocenters. The highest BCUT2D eigenvalue weighted by Gasteiger charge is 2.41. The molecule has 0 saturated carbocycles. The fraction of sp³-hybridized carbons (Fsp3) is 0.579. The molecular weight excluding hydrogens is 346 g/mol. The first-order valence-corrected chi connectivity index (χ1v) is 9.36. The van der Waals surface area contributed by atoms with Crippen LogP contribution < -0.4 is 4.90 Å². The molecule has 4 rings (SSSR count). The summed E-state index contributed by atoms with van der Waals surface area (Å²) in [4.78, 5) is 32.3. The minimum Gasteiger partial charge on any atom is -0.478 e. The monoisotopic (exact) mass is 371 g/mol. The van der Waals surface area contributed by atoms with Gasteiger partial charge >= 0.3 is 5.97 Å². The lowest BCUT2D eigenvalue weighted by molar-refractivity contribution is -0.136. The van der Waals surface area contributed by atoms with Crippen LogP contribution in [0.25, 0.3) is 11.0 Å². The van der Waals surface area contributed by atoms with Gasteiger partial charge in [-0.1, -0.05) is 0 Å². The molecule has 8 nitrogen and oxygen atoms in total. The molecule has 1 N–H and O–H groups in total. The molecule has 0 aliphatic carbocycles. The Bertz CT molecular complexity index is 937. The summed E-state index contributed by atoms with van der Waals surface area (Å²) in [7, 11) is 3.69. The average molecular weight is 371 g/mol. The molecule has 0 aromatic carbocycles. The van der Waals surface area contributed by atoms with Crippen LogP contribution in [0.1, 0.15) is 41.7 Å². The molecule has 4 heterocycles. The first-order chi connectivity index (χ1) is 12.8. The zero-order valence-corrected chi connectivity index (χ0v) is 16.0. The third kappa shape index (κ3) is 2.83. The van der Waals surface area contributed by atoms with E-state index in [1.165, 1.54) is 6.20 Å². The number of anilines is 1. The topological polar surface area (TPSA) is 91.6 Å². The molecule has 1 amide bonds. The van der Waals surface area contributed by atoms with Gasteiger partial charge in [0, 0.05) is 51.8 Å². The maximum Gasteiger partial charge on any atom is 0.339 e. The molecule has 2 aromatic heterocycles. The summed E-state index contributed by atoms with van der Waals surface area (Å²) in [5, 5.41) is 15.1. The number of amides is 1. The van der Waals surface area contributed by atoms with E-state index in [4.69, 9.17) is 0 Å². The van der Waals surface area contributed by atoms with Gasteiger partial charge in [-0.2, -0.15) is 5.10 Å². The summed E-state index contributed by atoms with van der Waals surface area (Å²) < 4.78 is 1.70. The lowest BCUT2D eigenvalue weighted by Gasteiger charge is -2.48. The van der Waals surface area contributed by atoms with E-state index in [0.29, 0.717) is 12.1 Å². The number of likely N-dealkylation sites (tertiary alicyclic amines) is 1. The highest BCUT2D eigenvalue weighted by molar-refractivity contribution is 6.04. The molecule has 1 atom stereocenters. The lowest BCUT2D eigenvalue weighted by Crippen LogP contribution is -2.53. The van der Waals surface area contributed by atoms with Crippen molar-refractivity contribution in [1.82, 2.24) is 19.7 Å². The van der Waals surface area contributed by atoms with Crippen molar-refractivity contribution in [1.29, 1.82) is 0 Å². The summed E-state index contributed by atoms with van der Waals surface area (Å²) >= 11 is 0. The van der Waals surface area contributed by atoms with Crippen LogP contribution in [-0.2, 0) is 11.8 Å². The number of pyridine rings is 1. The quantitative estimate of drug-likeness (QED) is 0.866. The second-order valence-corrected chi connectivity index (χ2v) is 8.01. The van der Waals surface area contributed by atoms with Crippen LogP contribution in [0.15, 0.2) is 6.20 Å². The fourth-order valence-electron chi connectivity index (χ4n) is 4.84. The van der Waals surface area contributed by atoms with Gasteiger partial charge < -0.3 is 14.9 Å². The van der Waals surface area contributed by atoms with Gasteiger partial charge in [0.25, 0.3) is 0 Å². The van der Waals surface area contributed by atoms with Crippen LogP contribution in [0, 0.1) is 12.3 Å². The minimum absolute atomic E-state index is 0.0163. The van der Waals surface area contributed by atoms with E-state index < -0.39 is 5.97 Å². The van der Waals surface area contributed by atoms with E-state index in [9.17, 15) is 14.7 Å². The predicted octanol–water partition coefficient (Wildman–Crippen LogP) is 1.81. The average Bonchev–Trinajstić information content (AvgIpc) is 2.92. The van der Waals surface area contributed by atoms with E-state index in [-0.39, 0.29) is 16.9 Å². The van der Waals surface area contributed by atoms with Gasteiger partial charge in [0.2, 0.25) is 5.91 Å². The van der Waals surface area contributed by atoms with Gasteiger partial charge in [-0.25, -0.2) is 9.78 Å².